The monoisotopic (exact) mass is 370 g/mol. The quantitative estimate of drug-likeness (QED) is 0.497. The molecule has 0 aliphatic carbocycles. The fourth-order valence-corrected chi connectivity index (χ4v) is 13.8. The van der Waals surface area contributed by atoms with E-state index in [1.54, 1.807) is 0 Å². The second-order valence-electron chi connectivity index (χ2n) is 7.50. The number of hydrogen-bond donors (Lipinski definition) is 0. The summed E-state index contributed by atoms with van der Waals surface area (Å²) in [5.74, 6) is 0. The second-order valence-corrected chi connectivity index (χ2v) is 15.4. The van der Waals surface area contributed by atoms with E-state index in [-0.39, 0.29) is 0 Å². The summed E-state index contributed by atoms with van der Waals surface area (Å²) in [5.41, 5.74) is 0. The van der Waals surface area contributed by atoms with Crippen LogP contribution in [-0.2, 0) is 4.12 Å². The Hall–Kier alpha value is -1.17. The normalized spacial score (nSPS) is 16.2. The molecule has 2 unspecified atom stereocenters. The lowest BCUT2D eigenvalue weighted by Crippen LogP contribution is -2.60. The van der Waals surface area contributed by atoms with Crippen molar-refractivity contribution < 1.29 is 4.12 Å². The van der Waals surface area contributed by atoms with Crippen LogP contribution in [0, 0.1) is 0 Å². The van der Waals surface area contributed by atoms with Gasteiger partial charge in [0.15, 0.2) is 0 Å². The molecule has 0 heterocycles. The van der Waals surface area contributed by atoms with Crippen molar-refractivity contribution in [2.75, 3.05) is 0 Å². The zero-order valence-corrected chi connectivity index (χ0v) is 18.4. The maximum atomic E-state index is 7.28. The molecule has 0 aliphatic rings. The number of rotatable bonds is 10. The highest BCUT2D eigenvalue weighted by Crippen LogP contribution is 2.25. The van der Waals surface area contributed by atoms with Crippen LogP contribution in [0.25, 0.3) is 0 Å². The van der Waals surface area contributed by atoms with E-state index in [2.05, 4.69) is 87.6 Å². The van der Waals surface area contributed by atoms with Crippen molar-refractivity contribution in [2.24, 2.45) is 0 Å². The highest BCUT2D eigenvalue weighted by atomic mass is 28.4. The molecule has 1 nitrogen and oxygen atoms in total. The summed E-state index contributed by atoms with van der Waals surface area (Å²) in [6, 6.07) is 24.5. The molecule has 2 rings (SSSR count). The lowest BCUT2D eigenvalue weighted by atomic mass is 10.4. The number of hydrogen-bond acceptors (Lipinski definition) is 1. The third-order valence-corrected chi connectivity index (χ3v) is 14.6. The van der Waals surface area contributed by atoms with Crippen molar-refractivity contribution in [3.8, 4) is 0 Å². The van der Waals surface area contributed by atoms with Gasteiger partial charge in [0.1, 0.15) is 0 Å². The second kappa shape index (κ2) is 9.51. The molecular formula is C22H34OSi2. The molecule has 0 N–H and O–H groups in total. The average molecular weight is 371 g/mol. The fraction of sp³-hybridized carbons (Fsp3) is 0.455. The van der Waals surface area contributed by atoms with E-state index in [0.29, 0.717) is 0 Å². The first-order valence-corrected chi connectivity index (χ1v) is 15.1. The fourth-order valence-electron chi connectivity index (χ4n) is 3.62. The molecule has 3 heteroatoms. The molecule has 0 bridgehead atoms. The maximum Gasteiger partial charge on any atom is 0.209 e. The highest BCUT2D eigenvalue weighted by Gasteiger charge is 2.41. The van der Waals surface area contributed by atoms with Crippen LogP contribution < -0.4 is 10.4 Å². The van der Waals surface area contributed by atoms with Crippen molar-refractivity contribution in [3.05, 3.63) is 60.7 Å². The van der Waals surface area contributed by atoms with Crippen LogP contribution in [0.2, 0.25) is 25.2 Å². The van der Waals surface area contributed by atoms with Crippen molar-refractivity contribution in [2.45, 2.75) is 64.7 Å². The van der Waals surface area contributed by atoms with Gasteiger partial charge in [-0.1, -0.05) is 100 Å². The summed E-state index contributed by atoms with van der Waals surface area (Å²) in [6.45, 7) is 9.45. The van der Waals surface area contributed by atoms with Gasteiger partial charge < -0.3 is 4.12 Å². The van der Waals surface area contributed by atoms with E-state index >= 15 is 0 Å². The minimum atomic E-state index is -1.95. The van der Waals surface area contributed by atoms with E-state index in [0.717, 1.165) is 0 Å². The Kier molecular flexibility index (Phi) is 7.66. The molecule has 0 saturated carbocycles. The summed E-state index contributed by atoms with van der Waals surface area (Å²) < 4.78 is 7.28. The first-order valence-electron chi connectivity index (χ1n) is 9.85. The van der Waals surface area contributed by atoms with Gasteiger partial charge in [0.05, 0.1) is 0 Å². The zero-order valence-electron chi connectivity index (χ0n) is 16.4. The zero-order chi connectivity index (χ0) is 18.2. The van der Waals surface area contributed by atoms with Crippen molar-refractivity contribution in [1.82, 2.24) is 0 Å². The number of benzene rings is 2. The molecule has 0 amide bonds. The first-order chi connectivity index (χ1) is 12.0. The molecule has 2 aromatic rings. The maximum absolute atomic E-state index is 7.28. The first kappa shape index (κ1) is 20.1. The van der Waals surface area contributed by atoms with Crippen LogP contribution in [0.4, 0.5) is 0 Å². The Morgan fingerprint density at radius 3 is 1.32 bits per heavy atom. The molecule has 0 aromatic heterocycles. The summed E-state index contributed by atoms with van der Waals surface area (Å²) in [4.78, 5) is 0. The van der Waals surface area contributed by atoms with Crippen molar-refractivity contribution in [1.29, 1.82) is 0 Å². The Balaban J connectivity index is 2.38. The van der Waals surface area contributed by atoms with Gasteiger partial charge >= 0.3 is 0 Å². The van der Waals surface area contributed by atoms with Gasteiger partial charge in [-0.15, -0.1) is 0 Å². The molecule has 2 atom stereocenters. The minimum Gasteiger partial charge on any atom is -0.448 e. The van der Waals surface area contributed by atoms with Gasteiger partial charge in [0.2, 0.25) is 16.6 Å². The Morgan fingerprint density at radius 2 is 1.00 bits per heavy atom. The molecule has 0 spiro atoms. The third kappa shape index (κ3) is 5.40. The van der Waals surface area contributed by atoms with E-state index in [9.17, 15) is 0 Å². The molecule has 0 radical (unpaired) electrons. The SMILES string of the molecule is CCCC[Si](C)(O[Si](C)(CCCC)c1ccccc1)c1ccccc1. The predicted molar refractivity (Wildman–Crippen MR) is 116 cm³/mol. The van der Waals surface area contributed by atoms with Gasteiger partial charge in [-0.3, -0.25) is 0 Å². The summed E-state index contributed by atoms with van der Waals surface area (Å²) in [7, 11) is -3.91. The Labute approximate surface area is 156 Å². The van der Waals surface area contributed by atoms with E-state index < -0.39 is 16.6 Å². The van der Waals surface area contributed by atoms with Crippen LogP contribution in [-0.4, -0.2) is 16.6 Å². The molecule has 0 saturated heterocycles. The number of unbranched alkanes of at least 4 members (excludes halogenated alkanes) is 2. The third-order valence-electron chi connectivity index (χ3n) is 5.23. The largest absolute Gasteiger partial charge is 0.448 e. The van der Waals surface area contributed by atoms with E-state index in [1.807, 2.05) is 0 Å². The van der Waals surface area contributed by atoms with Gasteiger partial charge in [0, 0.05) is 0 Å². The summed E-state index contributed by atoms with van der Waals surface area (Å²) in [5, 5.41) is 2.91. The van der Waals surface area contributed by atoms with Gasteiger partial charge in [0.25, 0.3) is 0 Å². The molecule has 0 fully saturated rings. The van der Waals surface area contributed by atoms with Crippen LogP contribution >= 0.6 is 0 Å². The highest BCUT2D eigenvalue weighted by molar-refractivity contribution is 6.97. The lowest BCUT2D eigenvalue weighted by Gasteiger charge is -2.39. The van der Waals surface area contributed by atoms with E-state index in [1.165, 1.54) is 48.1 Å². The molecular weight excluding hydrogens is 336 g/mol. The molecule has 136 valence electrons. The molecule has 25 heavy (non-hydrogen) atoms. The standard InChI is InChI=1S/C22H34OSi2/c1-5-7-19-24(3,21-15-11-9-12-16-21)23-25(4,20-8-6-2)22-17-13-10-14-18-22/h9-18H,5-8,19-20H2,1-4H3. The Morgan fingerprint density at radius 1 is 0.640 bits per heavy atom. The van der Waals surface area contributed by atoms with Crippen LogP contribution in [0.1, 0.15) is 39.5 Å². The van der Waals surface area contributed by atoms with Crippen LogP contribution in [0.3, 0.4) is 0 Å². The summed E-state index contributed by atoms with van der Waals surface area (Å²) in [6.07, 6.45) is 4.98. The van der Waals surface area contributed by atoms with Crippen molar-refractivity contribution >= 4 is 27.0 Å². The molecule has 2 aromatic carbocycles. The van der Waals surface area contributed by atoms with Gasteiger partial charge in [-0.05, 0) is 35.6 Å². The van der Waals surface area contributed by atoms with E-state index in [4.69, 9.17) is 4.12 Å². The topological polar surface area (TPSA) is 9.23 Å². The summed E-state index contributed by atoms with van der Waals surface area (Å²) >= 11 is 0. The minimum absolute atomic E-state index is 1.22. The van der Waals surface area contributed by atoms with Crippen LogP contribution in [0.5, 0.6) is 0 Å². The average Bonchev–Trinajstić information content (AvgIpc) is 2.66. The van der Waals surface area contributed by atoms with Gasteiger partial charge in [-0.25, -0.2) is 0 Å². The van der Waals surface area contributed by atoms with Gasteiger partial charge in [-0.2, -0.15) is 0 Å². The van der Waals surface area contributed by atoms with Crippen molar-refractivity contribution in [3.63, 3.8) is 0 Å². The molecule has 0 aliphatic heterocycles. The lowest BCUT2D eigenvalue weighted by molar-refractivity contribution is 0.542. The smallest absolute Gasteiger partial charge is 0.209 e. The Bertz CT molecular complexity index is 561. The van der Waals surface area contributed by atoms with Crippen LogP contribution in [0.15, 0.2) is 60.7 Å². The predicted octanol–water partition coefficient (Wildman–Crippen LogP) is 5.57.